The number of hydrogen-bond donors (Lipinski definition) is 1. The van der Waals surface area contributed by atoms with Gasteiger partial charge < -0.3 is 0 Å². The van der Waals surface area contributed by atoms with Gasteiger partial charge in [0.25, 0.3) is 10.2 Å². The summed E-state index contributed by atoms with van der Waals surface area (Å²) in [7, 11) is -3.73. The largest absolute Gasteiger partial charge is 0.277 e. The predicted octanol–water partition coefficient (Wildman–Crippen LogP) is 2.41. The quantitative estimate of drug-likeness (QED) is 0.927. The van der Waals surface area contributed by atoms with Crippen LogP contribution in [0.25, 0.3) is 0 Å². The minimum absolute atomic E-state index is 0.174. The molecule has 0 aromatic heterocycles. The molecule has 0 aliphatic rings. The van der Waals surface area contributed by atoms with Gasteiger partial charge in [-0.05, 0) is 31.5 Å². The highest BCUT2D eigenvalue weighted by atomic mass is 35.5. The zero-order valence-corrected chi connectivity index (χ0v) is 11.9. The van der Waals surface area contributed by atoms with Crippen molar-refractivity contribution in [3.05, 3.63) is 33.8 Å². The van der Waals surface area contributed by atoms with Crippen molar-refractivity contribution in [2.75, 3.05) is 0 Å². The van der Waals surface area contributed by atoms with Crippen molar-refractivity contribution in [1.82, 2.24) is 4.31 Å². The average Bonchev–Trinajstić information content (AvgIpc) is 2.17. The molecule has 1 aromatic rings. The van der Waals surface area contributed by atoms with E-state index in [-0.39, 0.29) is 12.6 Å². The maximum atomic E-state index is 11.4. The number of nitrogens with two attached hydrogens (primary N) is 1. The highest BCUT2D eigenvalue weighted by Crippen LogP contribution is 2.23. The summed E-state index contributed by atoms with van der Waals surface area (Å²) < 4.78 is 23.9. The van der Waals surface area contributed by atoms with Crippen molar-refractivity contribution in [2.24, 2.45) is 5.14 Å². The number of nitrogens with zero attached hydrogens (tertiary/aromatic N) is 1. The van der Waals surface area contributed by atoms with E-state index in [0.717, 1.165) is 5.56 Å². The lowest BCUT2D eigenvalue weighted by molar-refractivity contribution is 0.348. The molecule has 1 rings (SSSR count). The second kappa shape index (κ2) is 5.54. The Labute approximate surface area is 111 Å². The molecule has 7 heteroatoms. The minimum Gasteiger partial charge on any atom is -0.216 e. The topological polar surface area (TPSA) is 63.4 Å². The summed E-state index contributed by atoms with van der Waals surface area (Å²) in [6.45, 7) is 3.68. The molecule has 0 unspecified atom stereocenters. The third kappa shape index (κ3) is 4.12. The van der Waals surface area contributed by atoms with Crippen LogP contribution < -0.4 is 5.14 Å². The van der Waals surface area contributed by atoms with Gasteiger partial charge in [-0.25, -0.2) is 5.14 Å². The van der Waals surface area contributed by atoms with Crippen LogP contribution in [0.5, 0.6) is 0 Å². The second-order valence-electron chi connectivity index (χ2n) is 3.93. The zero-order chi connectivity index (χ0) is 13.2. The van der Waals surface area contributed by atoms with Crippen LogP contribution in [0.4, 0.5) is 0 Å². The number of hydrogen-bond acceptors (Lipinski definition) is 2. The number of rotatable bonds is 4. The molecule has 0 aliphatic carbocycles. The van der Waals surface area contributed by atoms with E-state index in [4.69, 9.17) is 28.3 Å². The first-order valence-electron chi connectivity index (χ1n) is 4.95. The summed E-state index contributed by atoms with van der Waals surface area (Å²) in [4.78, 5) is 0. The highest BCUT2D eigenvalue weighted by Gasteiger charge is 2.21. The Morgan fingerprint density at radius 2 is 1.88 bits per heavy atom. The first kappa shape index (κ1) is 14.7. The van der Waals surface area contributed by atoms with Crippen molar-refractivity contribution in [3.8, 4) is 0 Å². The molecule has 0 radical (unpaired) electrons. The molecule has 96 valence electrons. The molecule has 0 aliphatic heterocycles. The predicted molar refractivity (Wildman–Crippen MR) is 70.2 cm³/mol. The first-order valence-corrected chi connectivity index (χ1v) is 7.21. The van der Waals surface area contributed by atoms with Gasteiger partial charge in [0, 0.05) is 12.6 Å². The van der Waals surface area contributed by atoms with Crippen LogP contribution in [0, 0.1) is 0 Å². The minimum atomic E-state index is -3.73. The summed E-state index contributed by atoms with van der Waals surface area (Å²) in [5, 5.41) is 5.96. The van der Waals surface area contributed by atoms with E-state index >= 15 is 0 Å². The molecule has 0 spiro atoms. The van der Waals surface area contributed by atoms with Gasteiger partial charge in [0.15, 0.2) is 0 Å². The Balaban J connectivity index is 2.99. The van der Waals surface area contributed by atoms with Crippen LogP contribution in [0.15, 0.2) is 18.2 Å². The molecular weight excluding hydrogens is 283 g/mol. The SMILES string of the molecule is CC(C)N(Cc1ccc(Cl)c(Cl)c1)S(N)(=O)=O. The molecule has 0 saturated heterocycles. The van der Waals surface area contributed by atoms with E-state index in [1.54, 1.807) is 32.0 Å². The van der Waals surface area contributed by atoms with Gasteiger partial charge in [-0.3, -0.25) is 0 Å². The molecule has 0 saturated carbocycles. The van der Waals surface area contributed by atoms with Gasteiger partial charge in [-0.2, -0.15) is 12.7 Å². The summed E-state index contributed by atoms with van der Waals surface area (Å²) in [5.41, 5.74) is 0.738. The van der Waals surface area contributed by atoms with E-state index in [1.165, 1.54) is 4.31 Å². The standard InChI is InChI=1S/C10H14Cl2N2O2S/c1-7(2)14(17(13,15)16)6-8-3-4-9(11)10(12)5-8/h3-5,7H,6H2,1-2H3,(H2,13,15,16). The van der Waals surface area contributed by atoms with Gasteiger partial charge in [0.2, 0.25) is 0 Å². The van der Waals surface area contributed by atoms with E-state index < -0.39 is 10.2 Å². The van der Waals surface area contributed by atoms with Crippen LogP contribution in [0.1, 0.15) is 19.4 Å². The highest BCUT2D eigenvalue weighted by molar-refractivity contribution is 7.86. The Kier molecular flexibility index (Phi) is 4.80. The summed E-state index contributed by atoms with van der Waals surface area (Å²) in [6.07, 6.45) is 0. The Hall–Kier alpha value is -0.330. The molecule has 0 bridgehead atoms. The van der Waals surface area contributed by atoms with E-state index in [2.05, 4.69) is 0 Å². The zero-order valence-electron chi connectivity index (χ0n) is 9.52. The van der Waals surface area contributed by atoms with Crippen LogP contribution >= 0.6 is 23.2 Å². The molecule has 17 heavy (non-hydrogen) atoms. The van der Waals surface area contributed by atoms with Gasteiger partial charge in [-0.15, -0.1) is 0 Å². The van der Waals surface area contributed by atoms with Gasteiger partial charge >= 0.3 is 0 Å². The maximum absolute atomic E-state index is 11.4. The van der Waals surface area contributed by atoms with E-state index in [0.29, 0.717) is 10.0 Å². The smallest absolute Gasteiger partial charge is 0.216 e. The molecule has 4 nitrogen and oxygen atoms in total. The fourth-order valence-electron chi connectivity index (χ4n) is 1.38. The van der Waals surface area contributed by atoms with Crippen LogP contribution in [0.3, 0.4) is 0 Å². The monoisotopic (exact) mass is 296 g/mol. The number of halogens is 2. The second-order valence-corrected chi connectivity index (χ2v) is 6.25. The third-order valence-electron chi connectivity index (χ3n) is 2.23. The molecule has 1 aromatic carbocycles. The van der Waals surface area contributed by atoms with Crippen LogP contribution in [-0.2, 0) is 16.8 Å². The van der Waals surface area contributed by atoms with Crippen molar-refractivity contribution in [2.45, 2.75) is 26.4 Å². The first-order chi connectivity index (χ1) is 7.71. The fraction of sp³-hybridized carbons (Fsp3) is 0.400. The normalized spacial score (nSPS) is 12.4. The van der Waals surface area contributed by atoms with Crippen molar-refractivity contribution in [3.63, 3.8) is 0 Å². The summed E-state index contributed by atoms with van der Waals surface area (Å²) in [5.74, 6) is 0. The van der Waals surface area contributed by atoms with Crippen LogP contribution in [-0.4, -0.2) is 18.8 Å². The molecule has 0 amide bonds. The Morgan fingerprint density at radius 1 is 1.29 bits per heavy atom. The van der Waals surface area contributed by atoms with Crippen molar-refractivity contribution < 1.29 is 8.42 Å². The summed E-state index contributed by atoms with van der Waals surface area (Å²) in [6, 6.07) is 4.75. The molecule has 0 fully saturated rings. The maximum Gasteiger partial charge on any atom is 0.277 e. The fourth-order valence-corrected chi connectivity index (χ4v) is 2.62. The van der Waals surface area contributed by atoms with Gasteiger partial charge in [0.1, 0.15) is 0 Å². The van der Waals surface area contributed by atoms with Crippen molar-refractivity contribution >= 4 is 33.4 Å². The van der Waals surface area contributed by atoms with Crippen molar-refractivity contribution in [1.29, 1.82) is 0 Å². The molecule has 0 atom stereocenters. The molecule has 0 heterocycles. The van der Waals surface area contributed by atoms with Gasteiger partial charge in [0.05, 0.1) is 10.0 Å². The lowest BCUT2D eigenvalue weighted by atomic mass is 10.2. The Bertz CT molecular complexity index is 503. The summed E-state index contributed by atoms with van der Waals surface area (Å²) >= 11 is 11.6. The van der Waals surface area contributed by atoms with Crippen LogP contribution in [0.2, 0.25) is 10.0 Å². The number of benzene rings is 1. The molecular formula is C10H14Cl2N2O2S. The Morgan fingerprint density at radius 3 is 2.29 bits per heavy atom. The lowest BCUT2D eigenvalue weighted by Gasteiger charge is -2.23. The van der Waals surface area contributed by atoms with E-state index in [1.807, 2.05) is 0 Å². The lowest BCUT2D eigenvalue weighted by Crippen LogP contribution is -2.40. The average molecular weight is 297 g/mol. The van der Waals surface area contributed by atoms with Gasteiger partial charge in [-0.1, -0.05) is 29.3 Å². The van der Waals surface area contributed by atoms with E-state index in [9.17, 15) is 8.42 Å². The molecule has 2 N–H and O–H groups in total. The third-order valence-corrected chi connectivity index (χ3v) is 4.17.